The molecule has 1 aliphatic rings. The lowest BCUT2D eigenvalue weighted by molar-refractivity contribution is 0.0478. The Hall–Kier alpha value is -2.12. The highest BCUT2D eigenvalue weighted by molar-refractivity contribution is 7.14. The van der Waals surface area contributed by atoms with E-state index in [1.54, 1.807) is 29.5 Å². The van der Waals surface area contributed by atoms with Crippen molar-refractivity contribution in [3.05, 3.63) is 56.8 Å². The molecule has 112 valence electrons. The van der Waals surface area contributed by atoms with E-state index in [1.807, 2.05) is 12.1 Å². The first-order chi connectivity index (χ1) is 10.7. The number of fused-ring (bicyclic) bond motifs is 1. The molecule has 1 aliphatic carbocycles. The lowest BCUT2D eigenvalue weighted by Crippen LogP contribution is -2.08. The van der Waals surface area contributed by atoms with E-state index in [0.717, 1.165) is 18.4 Å². The van der Waals surface area contributed by atoms with E-state index in [9.17, 15) is 4.79 Å². The quantitative estimate of drug-likeness (QED) is 0.802. The molecule has 0 spiro atoms. The zero-order valence-electron chi connectivity index (χ0n) is 12.5. The Kier molecular flexibility index (Phi) is 4.26. The van der Waals surface area contributed by atoms with Crippen molar-refractivity contribution in [1.82, 2.24) is 0 Å². The highest BCUT2D eigenvalue weighted by Gasteiger charge is 2.21. The van der Waals surface area contributed by atoms with Crippen LogP contribution < -0.4 is 0 Å². The van der Waals surface area contributed by atoms with Gasteiger partial charge in [-0.05, 0) is 54.5 Å². The summed E-state index contributed by atoms with van der Waals surface area (Å²) in [4.78, 5) is 14.2. The van der Waals surface area contributed by atoms with Gasteiger partial charge in [0.05, 0.1) is 11.6 Å². The van der Waals surface area contributed by atoms with Crippen LogP contribution in [0.3, 0.4) is 0 Å². The molecule has 1 aromatic carbocycles. The van der Waals surface area contributed by atoms with Crippen molar-refractivity contribution in [3.8, 4) is 6.07 Å². The molecule has 0 aliphatic heterocycles. The minimum atomic E-state index is -0.269. The number of hydrogen-bond donors (Lipinski definition) is 0. The summed E-state index contributed by atoms with van der Waals surface area (Å²) in [6, 6.07) is 11.2. The van der Waals surface area contributed by atoms with Crippen LogP contribution in [0, 0.1) is 17.2 Å². The van der Waals surface area contributed by atoms with Crippen LogP contribution in [-0.2, 0) is 24.2 Å². The van der Waals surface area contributed by atoms with E-state index in [0.29, 0.717) is 16.4 Å². The molecule has 0 N–H and O–H groups in total. The maximum absolute atomic E-state index is 12.2. The number of thiophene rings is 1. The molecule has 0 unspecified atom stereocenters. The SMILES string of the molecule is C[C@H]1CCc2sc(C(=O)OCc3cccc(C#N)c3)cc2C1. The number of nitriles is 1. The number of carbonyl (C=O) groups excluding carboxylic acids is 1. The van der Waals surface area contributed by atoms with Crippen molar-refractivity contribution in [2.24, 2.45) is 5.92 Å². The van der Waals surface area contributed by atoms with Gasteiger partial charge in [-0.3, -0.25) is 0 Å². The number of ether oxygens (including phenoxy) is 1. The van der Waals surface area contributed by atoms with Crippen LogP contribution in [0.1, 0.15) is 44.6 Å². The first-order valence-corrected chi connectivity index (χ1v) is 8.25. The maximum atomic E-state index is 12.2. The van der Waals surface area contributed by atoms with Gasteiger partial charge in [-0.1, -0.05) is 19.1 Å². The monoisotopic (exact) mass is 311 g/mol. The van der Waals surface area contributed by atoms with Crippen LogP contribution in [0.4, 0.5) is 0 Å². The van der Waals surface area contributed by atoms with Crippen LogP contribution in [0.2, 0.25) is 0 Å². The number of aryl methyl sites for hydroxylation is 1. The normalized spacial score (nSPS) is 16.6. The van der Waals surface area contributed by atoms with Crippen molar-refractivity contribution < 1.29 is 9.53 Å². The summed E-state index contributed by atoms with van der Waals surface area (Å²) in [5.74, 6) is 0.425. The van der Waals surface area contributed by atoms with E-state index in [-0.39, 0.29) is 12.6 Å². The predicted octanol–water partition coefficient (Wildman–Crippen LogP) is 4.10. The average molecular weight is 311 g/mol. The number of benzene rings is 1. The largest absolute Gasteiger partial charge is 0.457 e. The molecule has 0 fully saturated rings. The lowest BCUT2D eigenvalue weighted by atomic mass is 9.90. The molecule has 0 bridgehead atoms. The number of rotatable bonds is 3. The first kappa shape index (κ1) is 14.8. The summed E-state index contributed by atoms with van der Waals surface area (Å²) in [6.45, 7) is 2.45. The van der Waals surface area contributed by atoms with E-state index in [1.165, 1.54) is 16.9 Å². The second-order valence-electron chi connectivity index (χ2n) is 5.80. The molecule has 2 aromatic rings. The van der Waals surface area contributed by atoms with E-state index in [4.69, 9.17) is 10.00 Å². The zero-order valence-corrected chi connectivity index (χ0v) is 13.3. The second kappa shape index (κ2) is 6.33. The minimum absolute atomic E-state index is 0.202. The second-order valence-corrected chi connectivity index (χ2v) is 6.93. The van der Waals surface area contributed by atoms with Gasteiger partial charge in [0, 0.05) is 4.88 Å². The van der Waals surface area contributed by atoms with Gasteiger partial charge in [-0.15, -0.1) is 11.3 Å². The molecule has 0 saturated carbocycles. The summed E-state index contributed by atoms with van der Waals surface area (Å²) in [6.07, 6.45) is 3.32. The van der Waals surface area contributed by atoms with Gasteiger partial charge in [-0.2, -0.15) is 5.26 Å². The Labute approximate surface area is 134 Å². The molecule has 0 saturated heterocycles. The maximum Gasteiger partial charge on any atom is 0.348 e. The smallest absolute Gasteiger partial charge is 0.348 e. The van der Waals surface area contributed by atoms with Gasteiger partial charge in [0.25, 0.3) is 0 Å². The van der Waals surface area contributed by atoms with Crippen molar-refractivity contribution in [2.45, 2.75) is 32.8 Å². The Balaban J connectivity index is 1.66. The van der Waals surface area contributed by atoms with Crippen LogP contribution >= 0.6 is 11.3 Å². The topological polar surface area (TPSA) is 50.1 Å². The highest BCUT2D eigenvalue weighted by atomic mass is 32.1. The molecular formula is C18H17NO2S. The molecule has 1 aromatic heterocycles. The van der Waals surface area contributed by atoms with Gasteiger partial charge in [0.15, 0.2) is 0 Å². The van der Waals surface area contributed by atoms with Crippen LogP contribution in [0.15, 0.2) is 30.3 Å². The third kappa shape index (κ3) is 3.20. The minimum Gasteiger partial charge on any atom is -0.457 e. The van der Waals surface area contributed by atoms with Crippen molar-refractivity contribution >= 4 is 17.3 Å². The van der Waals surface area contributed by atoms with E-state index >= 15 is 0 Å². The van der Waals surface area contributed by atoms with Gasteiger partial charge in [0.2, 0.25) is 0 Å². The summed E-state index contributed by atoms with van der Waals surface area (Å²) < 4.78 is 5.38. The van der Waals surface area contributed by atoms with Gasteiger partial charge in [-0.25, -0.2) is 4.79 Å². The molecule has 3 nitrogen and oxygen atoms in total. The molecule has 0 radical (unpaired) electrons. The Morgan fingerprint density at radius 1 is 1.45 bits per heavy atom. The van der Waals surface area contributed by atoms with Crippen molar-refractivity contribution in [1.29, 1.82) is 5.26 Å². The molecule has 1 heterocycles. The highest BCUT2D eigenvalue weighted by Crippen LogP contribution is 2.32. The number of hydrogen-bond acceptors (Lipinski definition) is 4. The fraction of sp³-hybridized carbons (Fsp3) is 0.333. The molecule has 22 heavy (non-hydrogen) atoms. The fourth-order valence-corrected chi connectivity index (χ4v) is 3.86. The number of carbonyl (C=O) groups is 1. The van der Waals surface area contributed by atoms with Crippen LogP contribution in [0.25, 0.3) is 0 Å². The molecular weight excluding hydrogens is 294 g/mol. The average Bonchev–Trinajstić information content (AvgIpc) is 2.96. The van der Waals surface area contributed by atoms with Gasteiger partial charge >= 0.3 is 5.97 Å². The summed E-state index contributed by atoms with van der Waals surface area (Å²) >= 11 is 1.56. The van der Waals surface area contributed by atoms with E-state index in [2.05, 4.69) is 13.0 Å². The molecule has 0 amide bonds. The molecule has 4 heteroatoms. The van der Waals surface area contributed by atoms with Crippen molar-refractivity contribution in [3.63, 3.8) is 0 Å². The summed E-state index contributed by atoms with van der Waals surface area (Å²) in [5, 5.41) is 8.88. The van der Waals surface area contributed by atoms with Crippen LogP contribution in [0.5, 0.6) is 0 Å². The Bertz CT molecular complexity index is 742. The van der Waals surface area contributed by atoms with Gasteiger partial charge < -0.3 is 4.74 Å². The Morgan fingerprint density at radius 3 is 3.14 bits per heavy atom. The Morgan fingerprint density at radius 2 is 2.32 bits per heavy atom. The lowest BCUT2D eigenvalue weighted by Gasteiger charge is -2.16. The summed E-state index contributed by atoms with van der Waals surface area (Å²) in [7, 11) is 0. The predicted molar refractivity (Wildman–Crippen MR) is 85.8 cm³/mol. The fourth-order valence-electron chi connectivity index (χ4n) is 2.76. The number of esters is 1. The third-order valence-electron chi connectivity index (χ3n) is 3.96. The third-order valence-corrected chi connectivity index (χ3v) is 5.17. The molecule has 3 rings (SSSR count). The van der Waals surface area contributed by atoms with Crippen molar-refractivity contribution in [2.75, 3.05) is 0 Å². The van der Waals surface area contributed by atoms with Gasteiger partial charge in [0.1, 0.15) is 11.5 Å². The number of nitrogens with zero attached hydrogens (tertiary/aromatic N) is 1. The molecule has 1 atom stereocenters. The standard InChI is InChI=1S/C18H17NO2S/c1-12-5-6-16-15(7-12)9-17(22-16)18(20)21-11-14-4-2-3-13(8-14)10-19/h2-4,8-9,12H,5-7,11H2,1H3/t12-/m0/s1. The summed E-state index contributed by atoms with van der Waals surface area (Å²) in [5.41, 5.74) is 2.72. The van der Waals surface area contributed by atoms with E-state index < -0.39 is 0 Å². The van der Waals surface area contributed by atoms with Crippen LogP contribution in [-0.4, -0.2) is 5.97 Å². The first-order valence-electron chi connectivity index (χ1n) is 7.43. The zero-order chi connectivity index (χ0) is 15.5.